The number of carbonyl (C=O) groups is 3. The molecular formula is C28H21ClN2O6. The van der Waals surface area contributed by atoms with Crippen LogP contribution in [-0.2, 0) is 20.7 Å². The lowest BCUT2D eigenvalue weighted by Crippen LogP contribution is -2.31. The number of esters is 1. The fraction of sp³-hybridized carbons (Fsp3) is 0.143. The third kappa shape index (κ3) is 4.59. The molecule has 1 aliphatic heterocycles. The zero-order valence-electron chi connectivity index (χ0n) is 19.7. The van der Waals surface area contributed by atoms with Gasteiger partial charge in [-0.2, -0.15) is 0 Å². The Labute approximate surface area is 216 Å². The summed E-state index contributed by atoms with van der Waals surface area (Å²) in [4.78, 5) is 44.2. The Balaban J connectivity index is 1.54. The minimum atomic E-state index is -0.935. The van der Waals surface area contributed by atoms with Crippen molar-refractivity contribution in [3.05, 3.63) is 106 Å². The van der Waals surface area contributed by atoms with Crippen molar-refractivity contribution in [2.24, 2.45) is 0 Å². The van der Waals surface area contributed by atoms with Gasteiger partial charge in [0.25, 0.3) is 5.91 Å². The van der Waals surface area contributed by atoms with Crippen molar-refractivity contribution in [3.63, 3.8) is 0 Å². The van der Waals surface area contributed by atoms with E-state index in [4.69, 9.17) is 20.8 Å². The number of hydrogen-bond donors (Lipinski definition) is 1. The maximum Gasteiger partial charge on any atom is 0.310 e. The molecule has 0 aliphatic carbocycles. The Morgan fingerprint density at radius 2 is 1.81 bits per heavy atom. The lowest BCUT2D eigenvalue weighted by atomic mass is 9.95. The Hall–Kier alpha value is -4.43. The van der Waals surface area contributed by atoms with Crippen LogP contribution in [0.4, 0.5) is 5.69 Å². The van der Waals surface area contributed by atoms with E-state index < -0.39 is 23.5 Å². The highest BCUT2D eigenvalue weighted by Gasteiger charge is 2.45. The Bertz CT molecular complexity index is 1540. The highest BCUT2D eigenvalue weighted by atomic mass is 35.5. The van der Waals surface area contributed by atoms with Gasteiger partial charge >= 0.3 is 5.97 Å². The molecule has 1 aliphatic rings. The minimum absolute atomic E-state index is 0.0303. The van der Waals surface area contributed by atoms with Crippen molar-refractivity contribution in [1.29, 1.82) is 0 Å². The van der Waals surface area contributed by atoms with Gasteiger partial charge in [0.15, 0.2) is 11.5 Å². The second-order valence-electron chi connectivity index (χ2n) is 8.39. The van der Waals surface area contributed by atoms with Crippen LogP contribution in [0, 0.1) is 0 Å². The number of ether oxygens (including phenoxy) is 1. The number of pyridine rings is 1. The van der Waals surface area contributed by atoms with Gasteiger partial charge < -0.3 is 14.3 Å². The summed E-state index contributed by atoms with van der Waals surface area (Å²) >= 11 is 6.06. The van der Waals surface area contributed by atoms with Crippen LogP contribution in [0.1, 0.15) is 34.6 Å². The van der Waals surface area contributed by atoms with Crippen molar-refractivity contribution in [2.75, 3.05) is 11.5 Å². The van der Waals surface area contributed by atoms with Crippen molar-refractivity contribution in [3.8, 4) is 0 Å². The number of anilines is 1. The molecule has 186 valence electrons. The Kier molecular flexibility index (Phi) is 6.50. The largest absolute Gasteiger partial charge is 0.503 e. The van der Waals surface area contributed by atoms with Gasteiger partial charge in [-0.05, 0) is 66.6 Å². The fourth-order valence-corrected chi connectivity index (χ4v) is 4.56. The molecule has 0 radical (unpaired) electrons. The minimum Gasteiger partial charge on any atom is -0.503 e. The summed E-state index contributed by atoms with van der Waals surface area (Å²) in [7, 11) is 0. The smallest absolute Gasteiger partial charge is 0.310 e. The Morgan fingerprint density at radius 3 is 2.51 bits per heavy atom. The molecule has 0 saturated carbocycles. The zero-order chi connectivity index (χ0) is 26.1. The SMILES string of the molecule is CCOC(=O)Cc1ccc(N2C(=O)C(O)=C(C(=O)c3cc4cc(Cl)ccc4o3)C2c2ccncc2)cc1. The van der Waals surface area contributed by atoms with Crippen LogP contribution in [0.15, 0.2) is 88.8 Å². The molecule has 3 heterocycles. The number of carbonyl (C=O) groups excluding carboxylic acids is 3. The molecule has 5 rings (SSSR count). The van der Waals surface area contributed by atoms with Crippen molar-refractivity contribution in [1.82, 2.24) is 4.98 Å². The molecule has 1 atom stereocenters. The molecule has 0 spiro atoms. The summed E-state index contributed by atoms with van der Waals surface area (Å²) in [5.74, 6) is -2.41. The summed E-state index contributed by atoms with van der Waals surface area (Å²) < 4.78 is 10.7. The standard InChI is InChI=1S/C28H21ClN2O6/c1-2-36-23(32)13-16-3-6-20(7-4-16)31-25(17-9-11-30-12-10-17)24(27(34)28(31)35)26(33)22-15-18-14-19(29)5-8-21(18)37-22/h3-12,14-15,25,34H,2,13H2,1H3. The third-order valence-electron chi connectivity index (χ3n) is 6.05. The molecule has 4 aromatic rings. The topological polar surface area (TPSA) is 110 Å². The number of furan rings is 1. The van der Waals surface area contributed by atoms with Gasteiger partial charge in [0.2, 0.25) is 5.78 Å². The van der Waals surface area contributed by atoms with Gasteiger partial charge in [-0.15, -0.1) is 0 Å². The van der Waals surface area contributed by atoms with Crippen molar-refractivity contribution >= 4 is 45.9 Å². The molecular weight excluding hydrogens is 496 g/mol. The fourth-order valence-electron chi connectivity index (χ4n) is 4.38. The molecule has 1 unspecified atom stereocenters. The first-order chi connectivity index (χ1) is 17.9. The zero-order valence-corrected chi connectivity index (χ0v) is 20.4. The number of ketones is 1. The van der Waals surface area contributed by atoms with Gasteiger partial charge in [0, 0.05) is 28.5 Å². The van der Waals surface area contributed by atoms with Gasteiger partial charge in [-0.1, -0.05) is 23.7 Å². The predicted octanol–water partition coefficient (Wildman–Crippen LogP) is 5.37. The van der Waals surface area contributed by atoms with E-state index in [-0.39, 0.29) is 30.3 Å². The first-order valence-electron chi connectivity index (χ1n) is 11.5. The summed E-state index contributed by atoms with van der Waals surface area (Å²) in [6, 6.07) is 15.6. The van der Waals surface area contributed by atoms with Crippen LogP contribution in [0.3, 0.4) is 0 Å². The number of rotatable bonds is 7. The lowest BCUT2D eigenvalue weighted by Gasteiger charge is -2.26. The first-order valence-corrected chi connectivity index (χ1v) is 11.9. The highest BCUT2D eigenvalue weighted by Crippen LogP contribution is 2.42. The van der Waals surface area contributed by atoms with E-state index in [0.29, 0.717) is 32.8 Å². The number of Topliss-reactive ketones (excluding diaryl/α,β-unsaturated/α-hetero) is 1. The average Bonchev–Trinajstić information content (AvgIpc) is 3.43. The number of halogens is 1. The van der Waals surface area contributed by atoms with E-state index in [0.717, 1.165) is 0 Å². The third-order valence-corrected chi connectivity index (χ3v) is 6.28. The summed E-state index contributed by atoms with van der Waals surface area (Å²) in [6.07, 6.45) is 3.17. The van der Waals surface area contributed by atoms with Crippen LogP contribution in [0.5, 0.6) is 0 Å². The van der Waals surface area contributed by atoms with Gasteiger partial charge in [0.1, 0.15) is 5.58 Å². The summed E-state index contributed by atoms with van der Waals surface area (Å²) in [5.41, 5.74) is 2.04. The molecule has 37 heavy (non-hydrogen) atoms. The molecule has 1 N–H and O–H groups in total. The molecule has 1 amide bonds. The van der Waals surface area contributed by atoms with Crippen LogP contribution < -0.4 is 4.90 Å². The molecule has 0 saturated heterocycles. The maximum atomic E-state index is 13.7. The molecule has 0 fully saturated rings. The average molecular weight is 517 g/mol. The van der Waals surface area contributed by atoms with E-state index in [2.05, 4.69) is 4.98 Å². The van der Waals surface area contributed by atoms with Gasteiger partial charge in [-0.3, -0.25) is 24.3 Å². The van der Waals surface area contributed by atoms with Gasteiger partial charge in [0.05, 0.1) is 24.6 Å². The van der Waals surface area contributed by atoms with Crippen LogP contribution in [0.2, 0.25) is 5.02 Å². The van der Waals surface area contributed by atoms with Crippen LogP contribution in [-0.4, -0.2) is 34.4 Å². The number of aliphatic hydroxyl groups is 1. The number of fused-ring (bicyclic) bond motifs is 1. The van der Waals surface area contributed by atoms with Crippen molar-refractivity contribution < 1.29 is 28.6 Å². The maximum absolute atomic E-state index is 13.7. The van der Waals surface area contributed by atoms with E-state index in [1.54, 1.807) is 73.9 Å². The molecule has 0 bridgehead atoms. The molecule has 9 heteroatoms. The normalized spacial score (nSPS) is 15.5. The predicted molar refractivity (Wildman–Crippen MR) is 136 cm³/mol. The molecule has 2 aromatic carbocycles. The molecule has 8 nitrogen and oxygen atoms in total. The first kappa shape index (κ1) is 24.3. The highest BCUT2D eigenvalue weighted by molar-refractivity contribution is 6.31. The quantitative estimate of drug-likeness (QED) is 0.260. The number of amides is 1. The number of benzene rings is 2. The van der Waals surface area contributed by atoms with Crippen molar-refractivity contribution in [2.45, 2.75) is 19.4 Å². The van der Waals surface area contributed by atoms with E-state index >= 15 is 0 Å². The lowest BCUT2D eigenvalue weighted by molar-refractivity contribution is -0.142. The number of aromatic nitrogens is 1. The van der Waals surface area contributed by atoms with E-state index in [9.17, 15) is 19.5 Å². The summed E-state index contributed by atoms with van der Waals surface area (Å²) in [5, 5.41) is 12.0. The van der Waals surface area contributed by atoms with Crippen LogP contribution in [0.25, 0.3) is 11.0 Å². The second-order valence-corrected chi connectivity index (χ2v) is 8.83. The van der Waals surface area contributed by atoms with E-state index in [1.807, 2.05) is 0 Å². The monoisotopic (exact) mass is 516 g/mol. The number of nitrogens with zero attached hydrogens (tertiary/aromatic N) is 2. The summed E-state index contributed by atoms with van der Waals surface area (Å²) in [6.45, 7) is 2.02. The van der Waals surface area contributed by atoms with E-state index in [1.165, 1.54) is 11.0 Å². The molecule has 2 aromatic heterocycles. The Morgan fingerprint density at radius 1 is 1.08 bits per heavy atom. The number of aliphatic hydroxyl groups excluding tert-OH is 1. The van der Waals surface area contributed by atoms with Gasteiger partial charge in [-0.25, -0.2) is 0 Å². The second kappa shape index (κ2) is 9.91. The van der Waals surface area contributed by atoms with Crippen LogP contribution >= 0.6 is 11.6 Å². The number of hydrogen-bond acceptors (Lipinski definition) is 7.